The van der Waals surface area contributed by atoms with E-state index in [-0.39, 0.29) is 11.7 Å². The SMILES string of the molecule is Cc1ccc(C(=O)C(C)N(C)C(=O)c2ccc(-n3cccc3)cc2)cc1. The Kier molecular flexibility index (Phi) is 5.03. The predicted octanol–water partition coefficient (Wildman–Crippen LogP) is 4.13. The molecule has 4 heteroatoms. The van der Waals surface area contributed by atoms with Crippen LogP contribution in [0.5, 0.6) is 0 Å². The summed E-state index contributed by atoms with van der Waals surface area (Å²) in [6, 6.07) is 18.2. The van der Waals surface area contributed by atoms with E-state index in [9.17, 15) is 9.59 Å². The van der Waals surface area contributed by atoms with E-state index in [4.69, 9.17) is 0 Å². The van der Waals surface area contributed by atoms with Crippen molar-refractivity contribution in [3.8, 4) is 5.69 Å². The van der Waals surface area contributed by atoms with Crippen LogP contribution in [0, 0.1) is 6.92 Å². The van der Waals surface area contributed by atoms with Crippen molar-refractivity contribution in [3.63, 3.8) is 0 Å². The number of aromatic nitrogens is 1. The Labute approximate surface area is 153 Å². The first-order valence-corrected chi connectivity index (χ1v) is 8.59. The van der Waals surface area contributed by atoms with Crippen molar-refractivity contribution < 1.29 is 9.59 Å². The van der Waals surface area contributed by atoms with Crippen LogP contribution in [0.1, 0.15) is 33.2 Å². The van der Waals surface area contributed by atoms with Gasteiger partial charge in [-0.3, -0.25) is 9.59 Å². The minimum atomic E-state index is -0.533. The van der Waals surface area contributed by atoms with E-state index in [1.54, 1.807) is 38.2 Å². The maximum absolute atomic E-state index is 12.7. The second-order valence-electron chi connectivity index (χ2n) is 6.46. The highest BCUT2D eigenvalue weighted by Gasteiger charge is 2.24. The highest BCUT2D eigenvalue weighted by atomic mass is 16.2. The number of hydrogen-bond donors (Lipinski definition) is 0. The van der Waals surface area contributed by atoms with Gasteiger partial charge in [0.2, 0.25) is 0 Å². The molecule has 0 bridgehead atoms. The van der Waals surface area contributed by atoms with Crippen LogP contribution < -0.4 is 0 Å². The molecule has 0 aliphatic rings. The normalized spacial score (nSPS) is 11.8. The maximum atomic E-state index is 12.7. The predicted molar refractivity (Wildman–Crippen MR) is 103 cm³/mol. The number of likely N-dealkylation sites (N-methyl/N-ethyl adjacent to an activating group) is 1. The van der Waals surface area contributed by atoms with E-state index in [1.807, 2.05) is 60.3 Å². The Morgan fingerprint density at radius 3 is 2.00 bits per heavy atom. The maximum Gasteiger partial charge on any atom is 0.254 e. The van der Waals surface area contributed by atoms with Crippen LogP contribution in [-0.2, 0) is 0 Å². The lowest BCUT2D eigenvalue weighted by Crippen LogP contribution is -2.40. The summed E-state index contributed by atoms with van der Waals surface area (Å²) in [5.74, 6) is -0.234. The van der Waals surface area contributed by atoms with Crippen LogP contribution in [0.4, 0.5) is 0 Å². The van der Waals surface area contributed by atoms with Crippen LogP contribution in [0.3, 0.4) is 0 Å². The molecule has 0 saturated carbocycles. The topological polar surface area (TPSA) is 42.3 Å². The Balaban J connectivity index is 1.74. The van der Waals surface area contributed by atoms with E-state index in [0.717, 1.165) is 11.3 Å². The molecule has 1 heterocycles. The van der Waals surface area contributed by atoms with E-state index >= 15 is 0 Å². The van der Waals surface area contributed by atoms with Gasteiger partial charge in [-0.05, 0) is 50.2 Å². The van der Waals surface area contributed by atoms with Crippen molar-refractivity contribution in [2.45, 2.75) is 19.9 Å². The molecule has 0 spiro atoms. The largest absolute Gasteiger partial charge is 0.332 e. The first-order chi connectivity index (χ1) is 12.5. The van der Waals surface area contributed by atoms with Crippen LogP contribution >= 0.6 is 0 Å². The molecule has 0 aliphatic heterocycles. The molecule has 0 N–H and O–H groups in total. The average molecular weight is 346 g/mol. The Morgan fingerprint density at radius 1 is 0.885 bits per heavy atom. The summed E-state index contributed by atoms with van der Waals surface area (Å²) in [4.78, 5) is 26.9. The fourth-order valence-electron chi connectivity index (χ4n) is 2.80. The van der Waals surface area contributed by atoms with Gasteiger partial charge in [0.15, 0.2) is 5.78 Å². The molecule has 3 rings (SSSR count). The van der Waals surface area contributed by atoms with Crippen LogP contribution in [0.15, 0.2) is 73.1 Å². The first kappa shape index (κ1) is 17.7. The number of carbonyl (C=O) groups excluding carboxylic acids is 2. The van der Waals surface area contributed by atoms with Gasteiger partial charge in [0.25, 0.3) is 5.91 Å². The molecule has 132 valence electrons. The zero-order valence-corrected chi connectivity index (χ0v) is 15.2. The number of aryl methyl sites for hydroxylation is 1. The fourth-order valence-corrected chi connectivity index (χ4v) is 2.80. The van der Waals surface area contributed by atoms with E-state index in [0.29, 0.717) is 11.1 Å². The van der Waals surface area contributed by atoms with Crippen LogP contribution in [0.2, 0.25) is 0 Å². The summed E-state index contributed by atoms with van der Waals surface area (Å²) in [7, 11) is 1.67. The van der Waals surface area contributed by atoms with Crippen LogP contribution in [0.25, 0.3) is 5.69 Å². The number of nitrogens with zero attached hydrogens (tertiary/aromatic N) is 2. The third-order valence-corrected chi connectivity index (χ3v) is 4.63. The molecular formula is C22H22N2O2. The zero-order chi connectivity index (χ0) is 18.7. The number of carbonyl (C=O) groups is 2. The number of Topliss-reactive ketones (excluding diaryl/α,β-unsaturated/α-hetero) is 1. The lowest BCUT2D eigenvalue weighted by Gasteiger charge is -2.24. The van der Waals surface area contributed by atoms with Crippen molar-refractivity contribution in [1.29, 1.82) is 0 Å². The average Bonchev–Trinajstić information content (AvgIpc) is 3.21. The van der Waals surface area contributed by atoms with Gasteiger partial charge in [0, 0.05) is 36.3 Å². The molecule has 0 aliphatic carbocycles. The van der Waals surface area contributed by atoms with Gasteiger partial charge in [-0.1, -0.05) is 29.8 Å². The number of hydrogen-bond acceptors (Lipinski definition) is 2. The van der Waals surface area contributed by atoms with E-state index in [1.165, 1.54) is 4.90 Å². The Hall–Kier alpha value is -3.14. The molecule has 26 heavy (non-hydrogen) atoms. The second kappa shape index (κ2) is 7.40. The van der Waals surface area contributed by atoms with Gasteiger partial charge >= 0.3 is 0 Å². The lowest BCUT2D eigenvalue weighted by atomic mass is 10.0. The van der Waals surface area contributed by atoms with E-state index in [2.05, 4.69) is 0 Å². The summed E-state index contributed by atoms with van der Waals surface area (Å²) in [6.45, 7) is 3.74. The molecular weight excluding hydrogens is 324 g/mol. The molecule has 0 radical (unpaired) electrons. The van der Waals surface area contributed by atoms with Crippen molar-refractivity contribution in [3.05, 3.63) is 89.7 Å². The van der Waals surface area contributed by atoms with Crippen molar-refractivity contribution in [1.82, 2.24) is 9.47 Å². The Bertz CT molecular complexity index is 894. The highest BCUT2D eigenvalue weighted by Crippen LogP contribution is 2.15. The standard InChI is InChI=1S/C22H22N2O2/c1-16-6-8-18(9-7-16)21(25)17(2)23(3)22(26)19-10-12-20(13-11-19)24-14-4-5-15-24/h4-15,17H,1-3H3. The molecule has 1 aromatic heterocycles. The van der Waals surface area contributed by atoms with Gasteiger partial charge in [-0.2, -0.15) is 0 Å². The molecule has 0 saturated heterocycles. The van der Waals surface area contributed by atoms with Gasteiger partial charge < -0.3 is 9.47 Å². The summed E-state index contributed by atoms with van der Waals surface area (Å²) in [5, 5.41) is 0. The number of ketones is 1. The quantitative estimate of drug-likeness (QED) is 0.652. The minimum Gasteiger partial charge on any atom is -0.332 e. The van der Waals surface area contributed by atoms with E-state index < -0.39 is 6.04 Å². The number of amides is 1. The molecule has 1 amide bonds. The third-order valence-electron chi connectivity index (χ3n) is 4.63. The summed E-state index contributed by atoms with van der Waals surface area (Å²) >= 11 is 0. The second-order valence-corrected chi connectivity index (χ2v) is 6.46. The van der Waals surface area contributed by atoms with Gasteiger partial charge in [0.1, 0.15) is 0 Å². The number of rotatable bonds is 5. The molecule has 1 atom stereocenters. The summed E-state index contributed by atoms with van der Waals surface area (Å²) in [6.07, 6.45) is 3.90. The highest BCUT2D eigenvalue weighted by molar-refractivity contribution is 6.04. The van der Waals surface area contributed by atoms with Crippen molar-refractivity contribution >= 4 is 11.7 Å². The van der Waals surface area contributed by atoms with Gasteiger partial charge in [-0.25, -0.2) is 0 Å². The first-order valence-electron chi connectivity index (χ1n) is 8.59. The lowest BCUT2D eigenvalue weighted by molar-refractivity contribution is 0.0675. The van der Waals surface area contributed by atoms with Crippen LogP contribution in [-0.4, -0.2) is 34.2 Å². The van der Waals surface area contributed by atoms with Crippen molar-refractivity contribution in [2.75, 3.05) is 7.05 Å². The number of benzene rings is 2. The van der Waals surface area contributed by atoms with Gasteiger partial charge in [0.05, 0.1) is 6.04 Å². The third kappa shape index (κ3) is 3.59. The fraction of sp³-hybridized carbons (Fsp3) is 0.182. The molecule has 1 unspecified atom stereocenters. The summed E-state index contributed by atoms with van der Waals surface area (Å²) < 4.78 is 1.97. The summed E-state index contributed by atoms with van der Waals surface area (Å²) in [5.41, 5.74) is 3.26. The van der Waals surface area contributed by atoms with Gasteiger partial charge in [-0.15, -0.1) is 0 Å². The van der Waals surface area contributed by atoms with Crippen molar-refractivity contribution in [2.24, 2.45) is 0 Å². The molecule has 3 aromatic rings. The molecule has 0 fully saturated rings. The molecule has 4 nitrogen and oxygen atoms in total. The zero-order valence-electron chi connectivity index (χ0n) is 15.2. The monoisotopic (exact) mass is 346 g/mol. The molecule has 2 aromatic carbocycles. The Morgan fingerprint density at radius 2 is 1.42 bits per heavy atom. The minimum absolute atomic E-state index is 0.0650. The smallest absolute Gasteiger partial charge is 0.254 e.